The maximum atomic E-state index is 12.8. The lowest BCUT2D eigenvalue weighted by molar-refractivity contribution is -0.144. The number of hydrogen-bond donors (Lipinski definition) is 0. The van der Waals surface area contributed by atoms with Gasteiger partial charge in [-0.2, -0.15) is 26.3 Å². The van der Waals surface area contributed by atoms with Crippen molar-refractivity contribution in [1.29, 1.82) is 0 Å². The van der Waals surface area contributed by atoms with Gasteiger partial charge in [0.2, 0.25) is 0 Å². The van der Waals surface area contributed by atoms with Crippen LogP contribution in [0.25, 0.3) is 0 Å². The Bertz CT molecular complexity index is 553. The van der Waals surface area contributed by atoms with Crippen molar-refractivity contribution >= 4 is 11.3 Å². The van der Waals surface area contributed by atoms with Crippen LogP contribution in [-0.2, 0) is 12.4 Å². The van der Waals surface area contributed by atoms with Crippen LogP contribution in [0.2, 0.25) is 0 Å². The monoisotopic (exact) mass is 312 g/mol. The fraction of sp³-hybridized carbons (Fsp3) is 0.167. The van der Waals surface area contributed by atoms with E-state index < -0.39 is 29.2 Å². The topological polar surface area (TPSA) is 9.23 Å². The molecule has 8 heteroatoms. The number of benzene rings is 1. The van der Waals surface area contributed by atoms with Gasteiger partial charge in [-0.05, 0) is 29.6 Å². The Morgan fingerprint density at radius 3 is 1.75 bits per heavy atom. The van der Waals surface area contributed by atoms with Crippen molar-refractivity contribution < 1.29 is 31.1 Å². The van der Waals surface area contributed by atoms with Gasteiger partial charge >= 0.3 is 12.4 Å². The van der Waals surface area contributed by atoms with E-state index in [4.69, 9.17) is 4.74 Å². The number of halogens is 6. The highest BCUT2D eigenvalue weighted by molar-refractivity contribution is 7.11. The Labute approximate surface area is 113 Å². The average Bonchev–Trinajstić information content (AvgIpc) is 2.79. The van der Waals surface area contributed by atoms with Gasteiger partial charge in [-0.1, -0.05) is 6.07 Å². The van der Waals surface area contributed by atoms with Gasteiger partial charge in [-0.15, -0.1) is 11.3 Å². The summed E-state index contributed by atoms with van der Waals surface area (Å²) < 4.78 is 81.6. The Hall–Kier alpha value is -1.70. The second-order valence-electron chi connectivity index (χ2n) is 3.71. The van der Waals surface area contributed by atoms with Gasteiger partial charge in [-0.25, -0.2) is 0 Å². The van der Waals surface area contributed by atoms with E-state index in [0.717, 1.165) is 11.3 Å². The molecule has 0 unspecified atom stereocenters. The molecule has 0 bridgehead atoms. The number of hydrogen-bond acceptors (Lipinski definition) is 2. The number of para-hydroxylation sites is 1. The molecule has 20 heavy (non-hydrogen) atoms. The number of alkyl halides is 6. The maximum Gasteiger partial charge on any atom is 0.420 e. The SMILES string of the molecule is FC(F)(F)c1cccc(C(F)(F)F)c1Oc1cccs1. The highest BCUT2D eigenvalue weighted by Gasteiger charge is 2.42. The Morgan fingerprint density at radius 2 is 1.35 bits per heavy atom. The zero-order valence-electron chi connectivity index (χ0n) is 9.55. The molecule has 0 amide bonds. The highest BCUT2D eigenvalue weighted by Crippen LogP contribution is 2.46. The van der Waals surface area contributed by atoms with Crippen molar-refractivity contribution in [2.75, 3.05) is 0 Å². The fourth-order valence-electron chi connectivity index (χ4n) is 1.52. The molecule has 1 aromatic heterocycles. The molecule has 0 saturated carbocycles. The number of rotatable bonds is 2. The summed E-state index contributed by atoms with van der Waals surface area (Å²) in [6, 6.07) is 4.56. The molecule has 0 aliphatic heterocycles. The summed E-state index contributed by atoms with van der Waals surface area (Å²) >= 11 is 0.900. The normalized spacial score (nSPS) is 12.5. The van der Waals surface area contributed by atoms with Gasteiger partial charge in [0.25, 0.3) is 0 Å². The van der Waals surface area contributed by atoms with Crippen LogP contribution in [0.3, 0.4) is 0 Å². The van der Waals surface area contributed by atoms with E-state index in [1.165, 1.54) is 17.5 Å². The molecule has 1 aromatic carbocycles. The van der Waals surface area contributed by atoms with Crippen LogP contribution in [0.15, 0.2) is 35.7 Å². The van der Waals surface area contributed by atoms with Crippen LogP contribution in [0, 0.1) is 0 Å². The molecular weight excluding hydrogens is 306 g/mol. The Balaban J connectivity index is 2.59. The van der Waals surface area contributed by atoms with Gasteiger partial charge < -0.3 is 4.74 Å². The summed E-state index contributed by atoms with van der Waals surface area (Å²) in [4.78, 5) is 0. The first-order valence-corrected chi connectivity index (χ1v) is 6.06. The van der Waals surface area contributed by atoms with E-state index in [1.807, 2.05) is 0 Å². The molecule has 0 N–H and O–H groups in total. The maximum absolute atomic E-state index is 12.8. The molecule has 0 aliphatic carbocycles. The summed E-state index contributed by atoms with van der Waals surface area (Å²) in [5.41, 5.74) is -2.92. The lowest BCUT2D eigenvalue weighted by Crippen LogP contribution is -2.13. The van der Waals surface area contributed by atoms with E-state index in [1.54, 1.807) is 0 Å². The molecule has 0 radical (unpaired) electrons. The first-order valence-electron chi connectivity index (χ1n) is 5.18. The van der Waals surface area contributed by atoms with Gasteiger partial charge in [0.15, 0.2) is 10.8 Å². The van der Waals surface area contributed by atoms with Crippen molar-refractivity contribution in [3.05, 3.63) is 46.8 Å². The van der Waals surface area contributed by atoms with Crippen LogP contribution in [0.4, 0.5) is 26.3 Å². The zero-order valence-corrected chi connectivity index (χ0v) is 10.4. The summed E-state index contributed by atoms with van der Waals surface area (Å²) in [5, 5.41) is 1.44. The molecule has 108 valence electrons. The third kappa shape index (κ3) is 3.06. The first kappa shape index (κ1) is 14.7. The Kier molecular flexibility index (Phi) is 3.68. The highest BCUT2D eigenvalue weighted by atomic mass is 32.1. The van der Waals surface area contributed by atoms with E-state index in [2.05, 4.69) is 0 Å². The van der Waals surface area contributed by atoms with Crippen molar-refractivity contribution in [3.8, 4) is 10.8 Å². The third-order valence-electron chi connectivity index (χ3n) is 2.32. The lowest BCUT2D eigenvalue weighted by Gasteiger charge is -2.17. The van der Waals surface area contributed by atoms with Crippen molar-refractivity contribution in [2.24, 2.45) is 0 Å². The lowest BCUT2D eigenvalue weighted by atomic mass is 10.1. The minimum atomic E-state index is -4.94. The molecular formula is C12H6F6OS. The van der Waals surface area contributed by atoms with E-state index in [-0.39, 0.29) is 5.06 Å². The predicted octanol–water partition coefficient (Wildman–Crippen LogP) is 5.58. The smallest absolute Gasteiger partial charge is 0.420 e. The van der Waals surface area contributed by atoms with Crippen molar-refractivity contribution in [1.82, 2.24) is 0 Å². The standard InChI is InChI=1S/C12H6F6OS/c13-11(14,15)7-3-1-4-8(12(16,17)18)10(7)19-9-5-2-6-20-9/h1-6H. The molecule has 0 aliphatic rings. The van der Waals surface area contributed by atoms with Crippen LogP contribution >= 0.6 is 11.3 Å². The molecule has 1 heterocycles. The number of ether oxygens (including phenoxy) is 1. The minimum Gasteiger partial charge on any atom is -0.445 e. The zero-order chi connectivity index (χ0) is 15.0. The molecule has 0 spiro atoms. The van der Waals surface area contributed by atoms with Crippen LogP contribution in [0.1, 0.15) is 11.1 Å². The molecule has 2 aromatic rings. The minimum absolute atomic E-state index is 0.0489. The summed E-state index contributed by atoms with van der Waals surface area (Å²) in [6.07, 6.45) is -9.87. The van der Waals surface area contributed by atoms with Gasteiger partial charge in [-0.3, -0.25) is 0 Å². The van der Waals surface area contributed by atoms with E-state index in [9.17, 15) is 26.3 Å². The van der Waals surface area contributed by atoms with Crippen LogP contribution < -0.4 is 4.74 Å². The van der Waals surface area contributed by atoms with Crippen LogP contribution in [-0.4, -0.2) is 0 Å². The van der Waals surface area contributed by atoms with E-state index in [0.29, 0.717) is 18.2 Å². The summed E-state index contributed by atoms with van der Waals surface area (Å²) in [5.74, 6) is -1.23. The quantitative estimate of drug-likeness (QED) is 0.658. The second kappa shape index (κ2) is 5.01. The Morgan fingerprint density at radius 1 is 0.800 bits per heavy atom. The summed E-state index contributed by atoms with van der Waals surface area (Å²) in [6.45, 7) is 0. The van der Waals surface area contributed by atoms with Crippen LogP contribution in [0.5, 0.6) is 10.8 Å². The molecule has 1 nitrogen and oxygen atoms in total. The first-order chi connectivity index (χ1) is 9.19. The number of thiophene rings is 1. The second-order valence-corrected chi connectivity index (χ2v) is 4.62. The molecule has 0 saturated heterocycles. The largest absolute Gasteiger partial charge is 0.445 e. The predicted molar refractivity (Wildman–Crippen MR) is 60.8 cm³/mol. The van der Waals surface area contributed by atoms with Crippen molar-refractivity contribution in [3.63, 3.8) is 0 Å². The van der Waals surface area contributed by atoms with Gasteiger partial charge in [0.1, 0.15) is 0 Å². The average molecular weight is 312 g/mol. The van der Waals surface area contributed by atoms with E-state index >= 15 is 0 Å². The molecule has 0 fully saturated rings. The molecule has 0 atom stereocenters. The summed E-state index contributed by atoms with van der Waals surface area (Å²) in [7, 11) is 0. The molecule has 2 rings (SSSR count). The van der Waals surface area contributed by atoms with Gasteiger partial charge in [0, 0.05) is 0 Å². The fourth-order valence-corrected chi connectivity index (χ4v) is 2.10. The van der Waals surface area contributed by atoms with Gasteiger partial charge in [0.05, 0.1) is 11.1 Å². The van der Waals surface area contributed by atoms with Crippen molar-refractivity contribution in [2.45, 2.75) is 12.4 Å². The third-order valence-corrected chi connectivity index (χ3v) is 3.07.